The van der Waals surface area contributed by atoms with E-state index >= 15 is 0 Å². The Morgan fingerprint density at radius 1 is 0.903 bits per heavy atom. The van der Waals surface area contributed by atoms with E-state index in [1.54, 1.807) is 30.3 Å². The molecule has 0 saturated heterocycles. The van der Waals surface area contributed by atoms with E-state index in [1.165, 1.54) is 21.1 Å². The van der Waals surface area contributed by atoms with Crippen molar-refractivity contribution in [3.05, 3.63) is 71.5 Å². The van der Waals surface area contributed by atoms with Gasteiger partial charge in [-0.1, -0.05) is 0 Å². The first-order valence-electron chi connectivity index (χ1n) is 9.83. The average molecular weight is 422 g/mol. The van der Waals surface area contributed by atoms with E-state index < -0.39 is 18.0 Å². The van der Waals surface area contributed by atoms with Crippen LogP contribution in [0.3, 0.4) is 0 Å². The first-order chi connectivity index (χ1) is 14.8. The lowest BCUT2D eigenvalue weighted by molar-refractivity contribution is -0.123. The predicted molar refractivity (Wildman–Crippen MR) is 118 cm³/mol. The zero-order valence-electron chi connectivity index (χ0n) is 18.3. The summed E-state index contributed by atoms with van der Waals surface area (Å²) in [6.07, 6.45) is -1.00. The first-order valence-corrected chi connectivity index (χ1v) is 9.83. The summed E-state index contributed by atoms with van der Waals surface area (Å²) in [5, 5.41) is 2.71. The quantitative estimate of drug-likeness (QED) is 0.575. The van der Waals surface area contributed by atoms with Crippen LogP contribution in [-0.4, -0.2) is 36.8 Å². The van der Waals surface area contributed by atoms with Crippen molar-refractivity contribution in [2.45, 2.75) is 26.9 Å². The Morgan fingerprint density at radius 3 is 2.13 bits per heavy atom. The molecule has 1 N–H and O–H groups in total. The molecule has 1 aromatic heterocycles. The number of anilines is 1. The molecule has 1 unspecified atom stereocenters. The van der Waals surface area contributed by atoms with Crippen LogP contribution in [0.4, 0.5) is 5.69 Å². The number of hydrogen-bond acceptors (Lipinski definition) is 5. The molecular weight excluding hydrogens is 396 g/mol. The number of methoxy groups -OCH3 is 2. The molecule has 1 heterocycles. The van der Waals surface area contributed by atoms with Gasteiger partial charge in [-0.2, -0.15) is 0 Å². The van der Waals surface area contributed by atoms with Gasteiger partial charge in [-0.05, 0) is 69.3 Å². The van der Waals surface area contributed by atoms with Crippen LogP contribution in [-0.2, 0) is 9.53 Å². The molecule has 0 aliphatic carbocycles. The second kappa shape index (κ2) is 9.38. The van der Waals surface area contributed by atoms with Gasteiger partial charge in [0.05, 0.1) is 25.5 Å². The van der Waals surface area contributed by atoms with Gasteiger partial charge in [0, 0.05) is 23.1 Å². The Balaban J connectivity index is 1.67. The van der Waals surface area contributed by atoms with Gasteiger partial charge in [0.2, 0.25) is 0 Å². The number of nitrogens with one attached hydrogen (secondary N) is 1. The van der Waals surface area contributed by atoms with Crippen LogP contribution in [0.5, 0.6) is 11.5 Å². The number of benzene rings is 2. The molecule has 0 fully saturated rings. The smallest absolute Gasteiger partial charge is 0.338 e. The highest BCUT2D eigenvalue weighted by Gasteiger charge is 2.20. The summed E-state index contributed by atoms with van der Waals surface area (Å²) in [6.45, 7) is 5.56. The molecular formula is C24H26N2O5. The molecule has 31 heavy (non-hydrogen) atoms. The lowest BCUT2D eigenvalue weighted by Crippen LogP contribution is -2.30. The molecule has 162 valence electrons. The van der Waals surface area contributed by atoms with Crippen molar-refractivity contribution in [2.24, 2.45) is 0 Å². The summed E-state index contributed by atoms with van der Waals surface area (Å²) in [5.41, 5.74) is 3.95. The SMILES string of the molecule is COc1ccc(OC)c(NC(=O)C(C)OC(=O)c2ccc(-n3c(C)ccc3C)cc2)c1. The summed E-state index contributed by atoms with van der Waals surface area (Å²) in [4.78, 5) is 25.1. The third-order valence-corrected chi connectivity index (χ3v) is 4.95. The second-order valence-electron chi connectivity index (χ2n) is 7.10. The fourth-order valence-corrected chi connectivity index (χ4v) is 3.25. The molecule has 0 bridgehead atoms. The third kappa shape index (κ3) is 4.88. The topological polar surface area (TPSA) is 78.8 Å². The number of hydrogen-bond donors (Lipinski definition) is 1. The van der Waals surface area contributed by atoms with Gasteiger partial charge >= 0.3 is 5.97 Å². The first kappa shape index (κ1) is 22.0. The van der Waals surface area contributed by atoms with Crippen LogP contribution in [0.1, 0.15) is 28.7 Å². The monoisotopic (exact) mass is 422 g/mol. The van der Waals surface area contributed by atoms with Crippen molar-refractivity contribution in [1.29, 1.82) is 0 Å². The van der Waals surface area contributed by atoms with E-state index in [0.29, 0.717) is 22.7 Å². The van der Waals surface area contributed by atoms with E-state index in [4.69, 9.17) is 14.2 Å². The minimum Gasteiger partial charge on any atom is -0.497 e. The number of carbonyl (C=O) groups is 2. The zero-order valence-corrected chi connectivity index (χ0v) is 18.3. The largest absolute Gasteiger partial charge is 0.497 e. The van der Waals surface area contributed by atoms with Crippen LogP contribution in [0.25, 0.3) is 5.69 Å². The highest BCUT2D eigenvalue weighted by molar-refractivity contribution is 5.98. The van der Waals surface area contributed by atoms with Crippen molar-refractivity contribution in [2.75, 3.05) is 19.5 Å². The Bertz CT molecular complexity index is 1070. The number of amides is 1. The Labute approximate surface area is 181 Å². The van der Waals surface area contributed by atoms with Crippen molar-refractivity contribution < 1.29 is 23.8 Å². The summed E-state index contributed by atoms with van der Waals surface area (Å²) >= 11 is 0. The van der Waals surface area contributed by atoms with Crippen LogP contribution < -0.4 is 14.8 Å². The highest BCUT2D eigenvalue weighted by atomic mass is 16.5. The van der Waals surface area contributed by atoms with Crippen LogP contribution >= 0.6 is 0 Å². The molecule has 2 aromatic carbocycles. The molecule has 7 heteroatoms. The highest BCUT2D eigenvalue weighted by Crippen LogP contribution is 2.29. The average Bonchev–Trinajstić information content (AvgIpc) is 3.11. The standard InChI is InChI=1S/C24H26N2O5/c1-15-6-7-16(2)26(15)19-10-8-18(9-11-19)24(28)31-17(3)23(27)25-21-14-20(29-4)12-13-22(21)30-5/h6-14,17H,1-5H3,(H,25,27). The van der Waals surface area contributed by atoms with Crippen molar-refractivity contribution >= 4 is 17.6 Å². The van der Waals surface area contributed by atoms with E-state index in [1.807, 2.05) is 38.1 Å². The van der Waals surface area contributed by atoms with Crippen LogP contribution in [0.15, 0.2) is 54.6 Å². The van der Waals surface area contributed by atoms with Crippen LogP contribution in [0.2, 0.25) is 0 Å². The van der Waals surface area contributed by atoms with Crippen molar-refractivity contribution in [3.63, 3.8) is 0 Å². The third-order valence-electron chi connectivity index (χ3n) is 4.95. The van der Waals surface area contributed by atoms with Gasteiger partial charge in [-0.3, -0.25) is 4.79 Å². The van der Waals surface area contributed by atoms with Gasteiger partial charge in [-0.15, -0.1) is 0 Å². The Morgan fingerprint density at radius 2 is 1.55 bits per heavy atom. The normalized spacial score (nSPS) is 11.5. The van der Waals surface area contributed by atoms with Crippen molar-refractivity contribution in [1.82, 2.24) is 4.57 Å². The number of aryl methyl sites for hydroxylation is 2. The van der Waals surface area contributed by atoms with Gasteiger partial charge in [0.1, 0.15) is 11.5 Å². The molecule has 3 rings (SSSR count). The summed E-state index contributed by atoms with van der Waals surface area (Å²) < 4.78 is 17.9. The summed E-state index contributed by atoms with van der Waals surface area (Å²) in [6, 6.07) is 16.2. The van der Waals surface area contributed by atoms with E-state index in [0.717, 1.165) is 17.1 Å². The summed E-state index contributed by atoms with van der Waals surface area (Å²) in [7, 11) is 3.03. The number of nitrogens with zero attached hydrogens (tertiary/aromatic N) is 1. The minimum absolute atomic E-state index is 0.366. The minimum atomic E-state index is -1.00. The number of rotatable bonds is 7. The Kier molecular flexibility index (Phi) is 6.65. The number of ether oxygens (including phenoxy) is 3. The molecule has 1 atom stereocenters. The number of carbonyl (C=O) groups excluding carboxylic acids is 2. The fraction of sp³-hybridized carbons (Fsp3) is 0.250. The molecule has 0 spiro atoms. The summed E-state index contributed by atoms with van der Waals surface area (Å²) in [5.74, 6) is -0.0178. The Hall–Kier alpha value is -3.74. The zero-order chi connectivity index (χ0) is 22.5. The fourth-order valence-electron chi connectivity index (χ4n) is 3.25. The molecule has 0 saturated carbocycles. The molecule has 7 nitrogen and oxygen atoms in total. The molecule has 0 radical (unpaired) electrons. The molecule has 1 amide bonds. The molecule has 0 aliphatic heterocycles. The maximum absolute atomic E-state index is 12.5. The predicted octanol–water partition coefficient (Wildman–Crippen LogP) is 4.30. The maximum atomic E-state index is 12.5. The van der Waals surface area contributed by atoms with Gasteiger partial charge in [0.15, 0.2) is 6.10 Å². The lowest BCUT2D eigenvalue weighted by atomic mass is 10.2. The molecule has 3 aromatic rings. The molecule has 0 aliphatic rings. The van der Waals surface area contributed by atoms with Crippen molar-refractivity contribution in [3.8, 4) is 17.2 Å². The number of esters is 1. The second-order valence-corrected chi connectivity index (χ2v) is 7.10. The van der Waals surface area contributed by atoms with Gasteiger partial charge < -0.3 is 24.1 Å². The van der Waals surface area contributed by atoms with Gasteiger partial charge in [-0.25, -0.2) is 4.79 Å². The van der Waals surface area contributed by atoms with Gasteiger partial charge in [0.25, 0.3) is 5.91 Å². The lowest BCUT2D eigenvalue weighted by Gasteiger charge is -2.16. The van der Waals surface area contributed by atoms with Crippen LogP contribution in [0, 0.1) is 13.8 Å². The van der Waals surface area contributed by atoms with E-state index in [2.05, 4.69) is 9.88 Å². The maximum Gasteiger partial charge on any atom is 0.338 e. The number of aromatic nitrogens is 1. The van der Waals surface area contributed by atoms with E-state index in [-0.39, 0.29) is 0 Å². The van der Waals surface area contributed by atoms with E-state index in [9.17, 15) is 9.59 Å².